The van der Waals surface area contributed by atoms with Gasteiger partial charge in [-0.15, -0.1) is 0 Å². The first-order valence-corrected chi connectivity index (χ1v) is 13.5. The summed E-state index contributed by atoms with van der Waals surface area (Å²) < 4.78 is 5.37. The Morgan fingerprint density at radius 1 is 0.947 bits per heavy atom. The van der Waals surface area contributed by atoms with Crippen LogP contribution in [-0.2, 0) is 14.3 Å². The first kappa shape index (κ1) is 30.9. The SMILES string of the molecule is CCCCCN(C(=O)C(C)NC(=O)OC(C)(C)C)C(C(=O)Nc1c(C)cccc1C)c1cc(C)cc(C)c1. The number of benzene rings is 2. The van der Waals surface area contributed by atoms with E-state index in [2.05, 4.69) is 17.6 Å². The minimum atomic E-state index is -0.882. The second-order valence-corrected chi connectivity index (χ2v) is 11.2. The third-order valence-corrected chi connectivity index (χ3v) is 6.24. The lowest BCUT2D eigenvalue weighted by Crippen LogP contribution is -2.51. The lowest BCUT2D eigenvalue weighted by Gasteiger charge is -2.34. The molecule has 0 saturated carbocycles. The highest BCUT2D eigenvalue weighted by atomic mass is 16.6. The fourth-order valence-electron chi connectivity index (χ4n) is 4.54. The standard InChI is InChI=1S/C31H45N3O4/c1-10-11-12-16-34(29(36)24(6)32-30(37)38-31(7,8)9)27(25-18-20(2)17-21(3)19-25)28(35)33-26-22(4)14-13-15-23(26)5/h13-15,17-19,24,27H,10-12,16H2,1-9H3,(H,32,37)(H,33,35). The molecule has 38 heavy (non-hydrogen) atoms. The number of nitrogens with zero attached hydrogens (tertiary/aromatic N) is 1. The zero-order valence-electron chi connectivity index (χ0n) is 24.5. The van der Waals surface area contributed by atoms with E-state index in [1.165, 1.54) is 0 Å². The Hall–Kier alpha value is -3.35. The minimum absolute atomic E-state index is 0.290. The topological polar surface area (TPSA) is 87.7 Å². The van der Waals surface area contributed by atoms with Crippen LogP contribution in [0.1, 0.15) is 87.7 Å². The van der Waals surface area contributed by atoms with Crippen molar-refractivity contribution in [3.8, 4) is 0 Å². The Morgan fingerprint density at radius 3 is 2.05 bits per heavy atom. The van der Waals surface area contributed by atoms with E-state index >= 15 is 0 Å². The molecule has 0 aromatic heterocycles. The van der Waals surface area contributed by atoms with Gasteiger partial charge in [0.2, 0.25) is 5.91 Å². The molecule has 3 amide bonds. The van der Waals surface area contributed by atoms with Crippen molar-refractivity contribution in [2.75, 3.05) is 11.9 Å². The van der Waals surface area contributed by atoms with E-state index in [-0.39, 0.29) is 11.8 Å². The van der Waals surface area contributed by atoms with Gasteiger partial charge >= 0.3 is 6.09 Å². The molecule has 0 saturated heterocycles. The largest absolute Gasteiger partial charge is 0.444 e. The van der Waals surface area contributed by atoms with Crippen LogP contribution in [0.15, 0.2) is 36.4 Å². The third-order valence-electron chi connectivity index (χ3n) is 6.24. The molecule has 0 spiro atoms. The van der Waals surface area contributed by atoms with E-state index in [4.69, 9.17) is 4.74 Å². The summed E-state index contributed by atoms with van der Waals surface area (Å²) in [6, 6.07) is 10.0. The van der Waals surface area contributed by atoms with E-state index in [0.29, 0.717) is 6.54 Å². The van der Waals surface area contributed by atoms with Gasteiger partial charge in [-0.05, 0) is 78.5 Å². The van der Waals surface area contributed by atoms with Crippen molar-refractivity contribution < 1.29 is 19.1 Å². The van der Waals surface area contributed by atoms with Crippen LogP contribution in [0, 0.1) is 27.7 Å². The average molecular weight is 524 g/mol. The number of alkyl carbamates (subject to hydrolysis) is 1. The monoisotopic (exact) mass is 523 g/mol. The Kier molecular flexibility index (Phi) is 10.9. The fourth-order valence-corrected chi connectivity index (χ4v) is 4.54. The quantitative estimate of drug-likeness (QED) is 0.347. The number of anilines is 1. The molecule has 0 aliphatic rings. The van der Waals surface area contributed by atoms with Crippen LogP contribution in [-0.4, -0.2) is 41.0 Å². The van der Waals surface area contributed by atoms with E-state index in [1.807, 2.05) is 64.1 Å². The predicted molar refractivity (Wildman–Crippen MR) is 153 cm³/mol. The van der Waals surface area contributed by atoms with Crippen molar-refractivity contribution in [3.05, 3.63) is 64.2 Å². The van der Waals surface area contributed by atoms with Crippen molar-refractivity contribution in [1.82, 2.24) is 10.2 Å². The lowest BCUT2D eigenvalue weighted by molar-refractivity contribution is -0.140. The number of rotatable bonds is 10. The van der Waals surface area contributed by atoms with Crippen LogP contribution in [0.4, 0.5) is 10.5 Å². The summed E-state index contributed by atoms with van der Waals surface area (Å²) >= 11 is 0. The summed E-state index contributed by atoms with van der Waals surface area (Å²) in [5.74, 6) is -0.630. The zero-order chi connectivity index (χ0) is 28.6. The number of para-hydroxylation sites is 1. The van der Waals surface area contributed by atoms with Gasteiger partial charge in [-0.2, -0.15) is 0 Å². The van der Waals surface area contributed by atoms with E-state index in [0.717, 1.165) is 52.8 Å². The van der Waals surface area contributed by atoms with Gasteiger partial charge in [0.05, 0.1) is 0 Å². The molecule has 2 rings (SSSR count). The first-order valence-electron chi connectivity index (χ1n) is 13.5. The van der Waals surface area contributed by atoms with Gasteiger partial charge in [-0.1, -0.05) is 67.3 Å². The fraction of sp³-hybridized carbons (Fsp3) is 0.516. The van der Waals surface area contributed by atoms with Crippen LogP contribution < -0.4 is 10.6 Å². The number of ether oxygens (including phenoxy) is 1. The number of unbranched alkanes of at least 4 members (excludes halogenated alkanes) is 2. The smallest absolute Gasteiger partial charge is 0.408 e. The molecule has 7 nitrogen and oxygen atoms in total. The Balaban J connectivity index is 2.52. The number of carbonyl (C=O) groups is 3. The molecule has 0 aliphatic heterocycles. The van der Waals surface area contributed by atoms with Crippen molar-refractivity contribution >= 4 is 23.6 Å². The normalized spacial score (nSPS) is 12.9. The Morgan fingerprint density at radius 2 is 1.53 bits per heavy atom. The van der Waals surface area contributed by atoms with E-state index in [1.54, 1.807) is 32.6 Å². The van der Waals surface area contributed by atoms with Gasteiger partial charge in [0.1, 0.15) is 17.7 Å². The molecule has 0 radical (unpaired) electrons. The molecule has 0 fully saturated rings. The number of nitrogens with one attached hydrogen (secondary N) is 2. The van der Waals surface area contributed by atoms with Gasteiger partial charge < -0.3 is 20.3 Å². The van der Waals surface area contributed by atoms with Crippen molar-refractivity contribution in [1.29, 1.82) is 0 Å². The number of aryl methyl sites for hydroxylation is 4. The van der Waals surface area contributed by atoms with Crippen molar-refractivity contribution in [3.63, 3.8) is 0 Å². The number of hydrogen-bond acceptors (Lipinski definition) is 4. The Bertz CT molecular complexity index is 1100. The molecule has 7 heteroatoms. The highest BCUT2D eigenvalue weighted by molar-refractivity contribution is 5.99. The van der Waals surface area contributed by atoms with Gasteiger partial charge in [0.15, 0.2) is 0 Å². The maximum Gasteiger partial charge on any atom is 0.408 e. The van der Waals surface area contributed by atoms with Gasteiger partial charge in [-0.3, -0.25) is 9.59 Å². The summed E-state index contributed by atoms with van der Waals surface area (Å²) in [7, 11) is 0. The molecule has 2 unspecified atom stereocenters. The van der Waals surface area contributed by atoms with E-state index < -0.39 is 23.8 Å². The molecule has 0 aliphatic carbocycles. The molecule has 208 valence electrons. The van der Waals surface area contributed by atoms with Gasteiger partial charge in [-0.25, -0.2) is 4.79 Å². The van der Waals surface area contributed by atoms with Crippen LogP contribution >= 0.6 is 0 Å². The molecule has 2 atom stereocenters. The summed E-state index contributed by atoms with van der Waals surface area (Å²) in [6.07, 6.45) is 1.95. The molecule has 0 heterocycles. The van der Waals surface area contributed by atoms with Crippen molar-refractivity contribution in [2.24, 2.45) is 0 Å². The van der Waals surface area contributed by atoms with Crippen LogP contribution in [0.3, 0.4) is 0 Å². The number of hydrogen-bond donors (Lipinski definition) is 2. The zero-order valence-corrected chi connectivity index (χ0v) is 24.5. The molecule has 2 aromatic rings. The lowest BCUT2D eigenvalue weighted by atomic mass is 9.97. The summed E-state index contributed by atoms with van der Waals surface area (Å²) in [5, 5.41) is 5.77. The highest BCUT2D eigenvalue weighted by Crippen LogP contribution is 2.28. The summed E-state index contributed by atoms with van der Waals surface area (Å²) in [4.78, 5) is 42.0. The van der Waals surface area contributed by atoms with Crippen LogP contribution in [0.5, 0.6) is 0 Å². The van der Waals surface area contributed by atoms with Crippen LogP contribution in [0.25, 0.3) is 0 Å². The molecule has 0 bridgehead atoms. The van der Waals surface area contributed by atoms with Gasteiger partial charge in [0, 0.05) is 12.2 Å². The maximum atomic E-state index is 14.0. The number of carbonyl (C=O) groups excluding carboxylic acids is 3. The van der Waals surface area contributed by atoms with Gasteiger partial charge in [0.25, 0.3) is 5.91 Å². The third kappa shape index (κ3) is 8.89. The molecular weight excluding hydrogens is 478 g/mol. The summed E-state index contributed by atoms with van der Waals surface area (Å²) in [6.45, 7) is 17.3. The Labute approximate surface area is 228 Å². The second kappa shape index (κ2) is 13.4. The van der Waals surface area contributed by atoms with Crippen molar-refractivity contribution in [2.45, 2.75) is 99.3 Å². The second-order valence-electron chi connectivity index (χ2n) is 11.2. The van der Waals surface area contributed by atoms with E-state index in [9.17, 15) is 14.4 Å². The molecule has 2 aromatic carbocycles. The maximum absolute atomic E-state index is 14.0. The highest BCUT2D eigenvalue weighted by Gasteiger charge is 2.35. The first-order chi connectivity index (χ1) is 17.7. The molecule has 2 N–H and O–H groups in total. The van der Waals surface area contributed by atoms with Crippen LogP contribution in [0.2, 0.25) is 0 Å². The predicted octanol–water partition coefficient (Wildman–Crippen LogP) is 6.53. The average Bonchev–Trinajstić information content (AvgIpc) is 2.78. The number of amides is 3. The minimum Gasteiger partial charge on any atom is -0.444 e. The summed E-state index contributed by atoms with van der Waals surface area (Å²) in [5.41, 5.74) is 4.69. The molecular formula is C31H45N3O4.